The van der Waals surface area contributed by atoms with E-state index in [0.29, 0.717) is 31.3 Å². The lowest BCUT2D eigenvalue weighted by molar-refractivity contribution is 0.0472. The fourth-order valence-electron chi connectivity index (χ4n) is 2.56. The van der Waals surface area contributed by atoms with Crippen LogP contribution in [0.15, 0.2) is 53.4 Å². The molecule has 0 radical (unpaired) electrons. The molecular weight excluding hydrogens is 378 g/mol. The van der Waals surface area contributed by atoms with E-state index < -0.39 is 16.0 Å². The molecule has 1 aliphatic rings. The molecule has 0 bridgehead atoms. The number of benzene rings is 2. The molecule has 0 unspecified atom stereocenters. The van der Waals surface area contributed by atoms with Crippen molar-refractivity contribution in [2.24, 2.45) is 0 Å². The van der Waals surface area contributed by atoms with Crippen molar-refractivity contribution in [3.05, 3.63) is 64.7 Å². The van der Waals surface area contributed by atoms with Crippen LogP contribution in [0.4, 0.5) is 0 Å². The molecule has 1 heterocycles. The van der Waals surface area contributed by atoms with Crippen molar-refractivity contribution in [3.63, 3.8) is 0 Å². The molecule has 0 aliphatic carbocycles. The summed E-state index contributed by atoms with van der Waals surface area (Å²) in [6.07, 6.45) is 0. The van der Waals surface area contributed by atoms with E-state index in [1.165, 1.54) is 28.6 Å². The molecule has 2 aromatic carbocycles. The number of carbonyl (C=O) groups excluding carboxylic acids is 1. The van der Waals surface area contributed by atoms with Crippen molar-refractivity contribution in [2.75, 3.05) is 26.3 Å². The summed E-state index contributed by atoms with van der Waals surface area (Å²) in [4.78, 5) is 12.3. The van der Waals surface area contributed by atoms with Crippen molar-refractivity contribution in [2.45, 2.75) is 11.5 Å². The molecule has 1 fully saturated rings. The Balaban J connectivity index is 1.65. The van der Waals surface area contributed by atoms with Crippen molar-refractivity contribution < 1.29 is 22.7 Å². The molecule has 0 atom stereocenters. The Kier molecular flexibility index (Phi) is 5.93. The molecule has 1 saturated heterocycles. The normalized spacial score (nSPS) is 15.6. The van der Waals surface area contributed by atoms with Gasteiger partial charge in [0.05, 0.1) is 23.7 Å². The number of rotatable bonds is 5. The van der Waals surface area contributed by atoms with Gasteiger partial charge in [-0.2, -0.15) is 4.31 Å². The second-order valence-electron chi connectivity index (χ2n) is 5.75. The topological polar surface area (TPSA) is 72.9 Å². The van der Waals surface area contributed by atoms with Gasteiger partial charge in [-0.05, 0) is 42.0 Å². The molecule has 6 nitrogen and oxygen atoms in total. The van der Waals surface area contributed by atoms with E-state index in [9.17, 15) is 13.2 Å². The minimum atomic E-state index is -3.58. The van der Waals surface area contributed by atoms with Crippen molar-refractivity contribution in [1.82, 2.24) is 4.31 Å². The van der Waals surface area contributed by atoms with Gasteiger partial charge in [0.1, 0.15) is 6.61 Å². The highest BCUT2D eigenvalue weighted by Gasteiger charge is 2.26. The molecule has 2 aromatic rings. The first-order chi connectivity index (χ1) is 12.5. The molecule has 0 aromatic heterocycles. The van der Waals surface area contributed by atoms with Crippen LogP contribution >= 0.6 is 11.6 Å². The molecule has 0 N–H and O–H groups in total. The van der Waals surface area contributed by atoms with Gasteiger partial charge in [0.2, 0.25) is 10.0 Å². The van der Waals surface area contributed by atoms with Crippen LogP contribution in [0.5, 0.6) is 0 Å². The first-order valence-electron chi connectivity index (χ1n) is 8.06. The largest absolute Gasteiger partial charge is 0.457 e. The summed E-state index contributed by atoms with van der Waals surface area (Å²) in [5, 5.41) is 0.566. The molecule has 1 aliphatic heterocycles. The second kappa shape index (κ2) is 8.18. The van der Waals surface area contributed by atoms with Crippen LogP contribution in [-0.2, 0) is 26.1 Å². The third kappa shape index (κ3) is 4.42. The Labute approximate surface area is 157 Å². The molecule has 3 rings (SSSR count). The summed E-state index contributed by atoms with van der Waals surface area (Å²) in [7, 11) is -3.58. The molecule has 0 amide bonds. The summed E-state index contributed by atoms with van der Waals surface area (Å²) in [5.41, 5.74) is 1.06. The van der Waals surface area contributed by atoms with Gasteiger partial charge in [0.15, 0.2) is 0 Å². The number of carbonyl (C=O) groups is 1. The van der Waals surface area contributed by atoms with Crippen molar-refractivity contribution >= 4 is 27.6 Å². The fourth-order valence-corrected chi connectivity index (χ4v) is 4.18. The van der Waals surface area contributed by atoms with Gasteiger partial charge in [-0.3, -0.25) is 0 Å². The van der Waals surface area contributed by atoms with E-state index >= 15 is 0 Å². The van der Waals surface area contributed by atoms with Crippen LogP contribution in [-0.4, -0.2) is 45.0 Å². The Bertz CT molecular complexity index is 877. The van der Waals surface area contributed by atoms with E-state index in [4.69, 9.17) is 21.1 Å². The van der Waals surface area contributed by atoms with E-state index in [1.54, 1.807) is 24.3 Å². The number of ether oxygens (including phenoxy) is 2. The molecule has 26 heavy (non-hydrogen) atoms. The quantitative estimate of drug-likeness (QED) is 0.728. The minimum Gasteiger partial charge on any atom is -0.457 e. The summed E-state index contributed by atoms with van der Waals surface area (Å²) < 4.78 is 36.9. The highest BCUT2D eigenvalue weighted by Crippen LogP contribution is 2.18. The number of nitrogens with zero attached hydrogens (tertiary/aromatic N) is 1. The SMILES string of the molecule is O=C(OCc1cccc(Cl)c1)c1ccc(S(=O)(=O)N2CCOCC2)cc1. The summed E-state index contributed by atoms with van der Waals surface area (Å²) >= 11 is 5.89. The number of halogens is 1. The minimum absolute atomic E-state index is 0.0905. The average Bonchev–Trinajstić information content (AvgIpc) is 2.67. The predicted octanol–water partition coefficient (Wildman–Crippen LogP) is 2.72. The number of morpholine rings is 1. The standard InChI is InChI=1S/C18H18ClNO5S/c19-16-3-1-2-14(12-16)13-25-18(21)15-4-6-17(7-5-15)26(22,23)20-8-10-24-11-9-20/h1-7,12H,8-11,13H2. The third-order valence-corrected chi connectivity index (χ3v) is 6.10. The lowest BCUT2D eigenvalue weighted by Crippen LogP contribution is -2.40. The predicted molar refractivity (Wildman–Crippen MR) is 96.6 cm³/mol. The van der Waals surface area contributed by atoms with Gasteiger partial charge in [0, 0.05) is 18.1 Å². The Morgan fingerprint density at radius 2 is 1.81 bits per heavy atom. The number of sulfonamides is 1. The van der Waals surface area contributed by atoms with Crippen LogP contribution in [0.1, 0.15) is 15.9 Å². The van der Waals surface area contributed by atoms with Gasteiger partial charge >= 0.3 is 5.97 Å². The number of esters is 1. The smallest absolute Gasteiger partial charge is 0.338 e. The molecular formula is C18H18ClNO5S. The zero-order chi connectivity index (χ0) is 18.6. The van der Waals surface area contributed by atoms with E-state index in [2.05, 4.69) is 0 Å². The Hall–Kier alpha value is -1.93. The van der Waals surface area contributed by atoms with Crippen LogP contribution in [0.25, 0.3) is 0 Å². The van der Waals surface area contributed by atoms with Gasteiger partial charge in [-0.25, -0.2) is 13.2 Å². The lowest BCUT2D eigenvalue weighted by atomic mass is 10.2. The van der Waals surface area contributed by atoms with Gasteiger partial charge in [0.25, 0.3) is 0 Å². The third-order valence-electron chi connectivity index (χ3n) is 3.96. The number of hydrogen-bond acceptors (Lipinski definition) is 5. The van der Waals surface area contributed by atoms with Crippen LogP contribution in [0, 0.1) is 0 Å². The van der Waals surface area contributed by atoms with Crippen LogP contribution in [0.2, 0.25) is 5.02 Å². The molecule has 138 valence electrons. The highest BCUT2D eigenvalue weighted by atomic mass is 35.5. The first kappa shape index (κ1) is 18.8. The summed E-state index contributed by atoms with van der Waals surface area (Å²) in [6.45, 7) is 1.50. The summed E-state index contributed by atoms with van der Waals surface area (Å²) in [5.74, 6) is -0.528. The van der Waals surface area contributed by atoms with Gasteiger partial charge in [-0.15, -0.1) is 0 Å². The molecule has 0 saturated carbocycles. The van der Waals surface area contributed by atoms with Gasteiger partial charge < -0.3 is 9.47 Å². The maximum Gasteiger partial charge on any atom is 0.338 e. The fraction of sp³-hybridized carbons (Fsp3) is 0.278. The van der Waals surface area contributed by atoms with E-state index in [-0.39, 0.29) is 17.1 Å². The molecule has 8 heteroatoms. The highest BCUT2D eigenvalue weighted by molar-refractivity contribution is 7.89. The van der Waals surface area contributed by atoms with Crippen LogP contribution < -0.4 is 0 Å². The second-order valence-corrected chi connectivity index (χ2v) is 8.12. The zero-order valence-corrected chi connectivity index (χ0v) is 15.5. The van der Waals surface area contributed by atoms with Crippen LogP contribution in [0.3, 0.4) is 0 Å². The van der Waals surface area contributed by atoms with Crippen molar-refractivity contribution in [1.29, 1.82) is 0 Å². The maximum absolute atomic E-state index is 12.6. The lowest BCUT2D eigenvalue weighted by Gasteiger charge is -2.26. The van der Waals surface area contributed by atoms with E-state index in [1.807, 2.05) is 0 Å². The monoisotopic (exact) mass is 395 g/mol. The number of hydrogen-bond donors (Lipinski definition) is 0. The van der Waals surface area contributed by atoms with Crippen molar-refractivity contribution in [3.8, 4) is 0 Å². The first-order valence-corrected chi connectivity index (χ1v) is 9.88. The Morgan fingerprint density at radius 3 is 2.46 bits per heavy atom. The van der Waals surface area contributed by atoms with E-state index in [0.717, 1.165) is 5.56 Å². The molecule has 0 spiro atoms. The summed E-state index contributed by atoms with van der Waals surface area (Å²) in [6, 6.07) is 12.8. The van der Waals surface area contributed by atoms with Gasteiger partial charge in [-0.1, -0.05) is 23.7 Å². The average molecular weight is 396 g/mol. The maximum atomic E-state index is 12.6. The zero-order valence-electron chi connectivity index (χ0n) is 13.9. The Morgan fingerprint density at radius 1 is 1.12 bits per heavy atom.